The van der Waals surface area contributed by atoms with Crippen LogP contribution in [0.3, 0.4) is 0 Å². The molecule has 0 spiro atoms. The second-order valence-corrected chi connectivity index (χ2v) is 27.6. The van der Waals surface area contributed by atoms with E-state index in [0.29, 0.717) is 23.9 Å². The quantitative estimate of drug-likeness (QED) is 0.0211. The van der Waals surface area contributed by atoms with Gasteiger partial charge in [0, 0.05) is 12.8 Å². The molecule has 0 heterocycles. The van der Waals surface area contributed by atoms with E-state index >= 15 is 0 Å². The molecular weight excluding hydrogens is 1170 g/mol. The van der Waals surface area contributed by atoms with E-state index in [0.717, 1.165) is 103 Å². The minimum absolute atomic E-state index is 0.184. The monoisotopic (exact) mass is 1330 g/mol. The molecule has 0 bridgehead atoms. The molecule has 0 fully saturated rings. The molecule has 95 heavy (non-hydrogen) atoms. The standard InChI is InChI=1S/C86H149NO8/c1-6-8-10-12-14-16-18-20-22-24-26-28-30-32-34-36-38-39-40-41-42-43-44-45-47-48-50-52-54-56-58-60-62-64-66-68-70-72-74-76-83(88)93-80-82(81-94-86(85(90)91)92-79-78-87(3,4)5)95-84(89)77-75-73-71-69-67-65-63-61-59-57-55-53-51-49-46-37-35-33-31-29-27-25-23-21-19-17-15-13-11-9-7-2/h8-11,14-17,20-23,26-29,33,35,46,49,82,86H,6-7,12-13,18-19,24-25,30-32,34,36-45,47-48,50-81H2,1-5H3/p+1/b10-8-,11-9-,16-14-,17-15-,22-20-,23-21-,28-26-,29-27-,35-33-,49-46-. The Morgan fingerprint density at radius 2 is 0.568 bits per heavy atom. The third kappa shape index (κ3) is 76.9. The third-order valence-electron chi connectivity index (χ3n) is 17.2. The molecule has 0 saturated heterocycles. The summed E-state index contributed by atoms with van der Waals surface area (Å²) >= 11 is 0. The highest BCUT2D eigenvalue weighted by molar-refractivity contribution is 5.71. The number of quaternary nitrogens is 1. The van der Waals surface area contributed by atoms with Crippen LogP contribution in [0.5, 0.6) is 0 Å². The maximum Gasteiger partial charge on any atom is 0.361 e. The Balaban J connectivity index is 4.00. The summed E-state index contributed by atoms with van der Waals surface area (Å²) in [5, 5.41) is 9.77. The van der Waals surface area contributed by atoms with Gasteiger partial charge in [0.25, 0.3) is 6.29 Å². The van der Waals surface area contributed by atoms with Crippen LogP contribution in [0.25, 0.3) is 0 Å². The predicted molar refractivity (Wildman–Crippen MR) is 410 cm³/mol. The fraction of sp³-hybridized carbons (Fsp3) is 0.733. The van der Waals surface area contributed by atoms with Crippen molar-refractivity contribution in [3.05, 3.63) is 122 Å². The van der Waals surface area contributed by atoms with Gasteiger partial charge in [-0.1, -0.05) is 354 Å². The van der Waals surface area contributed by atoms with Gasteiger partial charge >= 0.3 is 17.9 Å². The topological polar surface area (TPSA) is 108 Å². The third-order valence-corrected chi connectivity index (χ3v) is 17.2. The summed E-state index contributed by atoms with van der Waals surface area (Å²) in [6.07, 6.45) is 105. The Morgan fingerprint density at radius 1 is 0.316 bits per heavy atom. The number of carbonyl (C=O) groups excluding carboxylic acids is 2. The minimum atomic E-state index is -1.52. The lowest BCUT2D eigenvalue weighted by molar-refractivity contribution is -0.870. The van der Waals surface area contributed by atoms with Crippen molar-refractivity contribution in [1.82, 2.24) is 0 Å². The molecular formula is C86H150NO8+. The van der Waals surface area contributed by atoms with Gasteiger partial charge in [-0.15, -0.1) is 0 Å². The van der Waals surface area contributed by atoms with Crippen LogP contribution in [0, 0.1) is 0 Å². The number of carboxylic acid groups (broad SMARTS) is 1. The van der Waals surface area contributed by atoms with Crippen LogP contribution >= 0.6 is 0 Å². The van der Waals surface area contributed by atoms with Crippen LogP contribution in [-0.2, 0) is 33.3 Å². The first kappa shape index (κ1) is 90.7. The second kappa shape index (κ2) is 75.5. The summed E-state index contributed by atoms with van der Waals surface area (Å²) in [4.78, 5) is 37.7. The van der Waals surface area contributed by atoms with Gasteiger partial charge in [0.15, 0.2) is 6.10 Å². The average molecular weight is 1330 g/mol. The first-order chi connectivity index (χ1) is 46.6. The minimum Gasteiger partial charge on any atom is -0.477 e. The van der Waals surface area contributed by atoms with Gasteiger partial charge in [0.1, 0.15) is 13.2 Å². The van der Waals surface area contributed by atoms with Crippen LogP contribution < -0.4 is 0 Å². The zero-order valence-electron chi connectivity index (χ0n) is 62.6. The summed E-state index contributed by atoms with van der Waals surface area (Å²) in [5.41, 5.74) is 0. The average Bonchev–Trinajstić information content (AvgIpc) is 3.24. The first-order valence-corrected chi connectivity index (χ1v) is 39.7. The molecule has 1 N–H and O–H groups in total. The number of likely N-dealkylation sites (N-methyl/N-ethyl adjacent to an activating group) is 1. The summed E-state index contributed by atoms with van der Waals surface area (Å²) in [7, 11) is 5.99. The van der Waals surface area contributed by atoms with Crippen molar-refractivity contribution in [2.75, 3.05) is 47.5 Å². The van der Waals surface area contributed by atoms with E-state index in [2.05, 4.69) is 135 Å². The van der Waals surface area contributed by atoms with Crippen molar-refractivity contribution in [3.63, 3.8) is 0 Å². The molecule has 0 aliphatic carbocycles. The number of unbranched alkanes of at least 4 members (excludes halogenated alkanes) is 38. The molecule has 0 aliphatic heterocycles. The lowest BCUT2D eigenvalue weighted by atomic mass is 10.0. The van der Waals surface area contributed by atoms with Gasteiger partial charge in [0.2, 0.25) is 0 Å². The van der Waals surface area contributed by atoms with Crippen molar-refractivity contribution in [1.29, 1.82) is 0 Å². The zero-order valence-corrected chi connectivity index (χ0v) is 62.6. The number of aliphatic carboxylic acids is 1. The largest absolute Gasteiger partial charge is 0.477 e. The van der Waals surface area contributed by atoms with Crippen LogP contribution in [0.4, 0.5) is 0 Å². The second-order valence-electron chi connectivity index (χ2n) is 27.6. The van der Waals surface area contributed by atoms with Crippen molar-refractivity contribution in [3.8, 4) is 0 Å². The number of esters is 2. The zero-order chi connectivity index (χ0) is 69.0. The molecule has 0 aliphatic rings. The van der Waals surface area contributed by atoms with E-state index < -0.39 is 24.3 Å². The normalized spacial score (nSPS) is 13.3. The highest BCUT2D eigenvalue weighted by Gasteiger charge is 2.25. The number of rotatable bonds is 73. The number of carboxylic acids is 1. The smallest absolute Gasteiger partial charge is 0.361 e. The molecule has 9 nitrogen and oxygen atoms in total. The molecule has 0 saturated carbocycles. The Morgan fingerprint density at radius 3 is 0.842 bits per heavy atom. The highest BCUT2D eigenvalue weighted by atomic mass is 16.7. The van der Waals surface area contributed by atoms with Gasteiger partial charge in [-0.2, -0.15) is 0 Å². The summed E-state index contributed by atoms with van der Waals surface area (Å²) in [5.74, 6) is -1.99. The molecule has 0 aromatic rings. The Hall–Kier alpha value is -4.31. The predicted octanol–water partition coefficient (Wildman–Crippen LogP) is 25.5. The number of allylic oxidation sites excluding steroid dienone is 20. The van der Waals surface area contributed by atoms with E-state index in [-0.39, 0.29) is 32.2 Å². The molecule has 2 atom stereocenters. The van der Waals surface area contributed by atoms with Crippen molar-refractivity contribution in [2.45, 2.75) is 360 Å². The number of ether oxygens (including phenoxy) is 4. The van der Waals surface area contributed by atoms with Gasteiger partial charge in [-0.05, 0) is 103 Å². The van der Waals surface area contributed by atoms with Crippen LogP contribution in [0.15, 0.2) is 122 Å². The lowest BCUT2D eigenvalue weighted by Gasteiger charge is -2.25. The Kier molecular flexibility index (Phi) is 72.0. The fourth-order valence-electron chi connectivity index (χ4n) is 11.2. The van der Waals surface area contributed by atoms with Gasteiger partial charge in [0.05, 0.1) is 34.4 Å². The molecule has 9 heteroatoms. The molecule has 0 amide bonds. The van der Waals surface area contributed by atoms with E-state index in [1.165, 1.54) is 212 Å². The van der Waals surface area contributed by atoms with E-state index in [4.69, 9.17) is 18.9 Å². The van der Waals surface area contributed by atoms with E-state index in [1.807, 2.05) is 21.1 Å². The number of nitrogens with zero attached hydrogens (tertiary/aromatic N) is 1. The first-order valence-electron chi connectivity index (χ1n) is 39.7. The Bertz CT molecular complexity index is 1980. The van der Waals surface area contributed by atoms with Crippen molar-refractivity contribution >= 4 is 17.9 Å². The maximum absolute atomic E-state index is 13.0. The number of hydrogen-bond donors (Lipinski definition) is 1. The SMILES string of the molecule is CC/C=C\C/C=C\C/C=C\C/C=C\C/C=C\C/C=C\CCCCCCCCCCCCCCC(=O)OC(COC(=O)CCCCCCCCCCCCCCCCCCCCCCCCCCCC/C=C\C/C=C\C/C=C\C/C=C\CC)COC(OCC[N+](C)(C)C)C(=O)O. The lowest BCUT2D eigenvalue weighted by Crippen LogP contribution is -2.40. The van der Waals surface area contributed by atoms with Crippen LogP contribution in [0.1, 0.15) is 348 Å². The van der Waals surface area contributed by atoms with Crippen molar-refractivity contribution < 1.29 is 42.9 Å². The van der Waals surface area contributed by atoms with Gasteiger partial charge in [-0.25, -0.2) is 4.79 Å². The summed E-state index contributed by atoms with van der Waals surface area (Å²) < 4.78 is 23.0. The molecule has 0 radical (unpaired) electrons. The molecule has 546 valence electrons. The summed E-state index contributed by atoms with van der Waals surface area (Å²) in [6, 6.07) is 0. The fourth-order valence-corrected chi connectivity index (χ4v) is 11.2. The molecule has 2 unspecified atom stereocenters. The maximum atomic E-state index is 13.0. The number of carbonyl (C=O) groups is 3. The summed E-state index contributed by atoms with van der Waals surface area (Å²) in [6.45, 7) is 4.68. The molecule has 0 rings (SSSR count). The van der Waals surface area contributed by atoms with Gasteiger partial charge < -0.3 is 28.5 Å². The van der Waals surface area contributed by atoms with E-state index in [9.17, 15) is 19.5 Å². The van der Waals surface area contributed by atoms with E-state index in [1.54, 1.807) is 0 Å². The highest BCUT2D eigenvalue weighted by Crippen LogP contribution is 2.19. The Labute approximate surface area is 587 Å². The van der Waals surface area contributed by atoms with Crippen LogP contribution in [0.2, 0.25) is 0 Å². The van der Waals surface area contributed by atoms with Crippen LogP contribution in [-0.4, -0.2) is 87.4 Å². The van der Waals surface area contributed by atoms with Gasteiger partial charge in [-0.3, -0.25) is 9.59 Å². The molecule has 0 aromatic carbocycles. The van der Waals surface area contributed by atoms with Crippen molar-refractivity contribution in [2.24, 2.45) is 0 Å². The molecule has 0 aromatic heterocycles. The number of hydrogen-bond acceptors (Lipinski definition) is 7.